The van der Waals surface area contributed by atoms with E-state index in [-0.39, 0.29) is 0 Å². The van der Waals surface area contributed by atoms with E-state index in [0.717, 1.165) is 11.1 Å². The molecule has 1 aromatic carbocycles. The normalized spacial score (nSPS) is 12.8. The lowest BCUT2D eigenvalue weighted by molar-refractivity contribution is 0.180. The van der Waals surface area contributed by atoms with Gasteiger partial charge in [-0.2, -0.15) is 0 Å². The minimum absolute atomic E-state index is 0.337. The summed E-state index contributed by atoms with van der Waals surface area (Å²) in [5.41, 5.74) is 1.68. The van der Waals surface area contributed by atoms with E-state index in [1.165, 1.54) is 0 Å². The van der Waals surface area contributed by atoms with Gasteiger partial charge in [-0.1, -0.05) is 29.3 Å². The molecule has 1 atom stereocenters. The number of hydrogen-bond donors (Lipinski definition) is 3. The van der Waals surface area contributed by atoms with E-state index in [1.807, 2.05) is 13.0 Å². The first-order valence-corrected chi connectivity index (χ1v) is 8.40. The van der Waals surface area contributed by atoms with E-state index >= 15 is 0 Å². The van der Waals surface area contributed by atoms with Gasteiger partial charge in [0, 0.05) is 35.5 Å². The van der Waals surface area contributed by atoms with Crippen LogP contribution in [0.3, 0.4) is 0 Å². The highest BCUT2D eigenvalue weighted by Gasteiger charge is 2.08. The number of pyridine rings is 1. The molecule has 0 aliphatic carbocycles. The van der Waals surface area contributed by atoms with Crippen molar-refractivity contribution in [3.63, 3.8) is 0 Å². The average molecular weight is 367 g/mol. The van der Waals surface area contributed by atoms with Gasteiger partial charge in [-0.3, -0.25) is 4.98 Å². The monoisotopic (exact) mass is 366 g/mol. The van der Waals surface area contributed by atoms with Gasteiger partial charge in [0.05, 0.1) is 12.6 Å². The molecule has 0 aliphatic rings. The molecule has 1 unspecified atom stereocenters. The molecule has 0 amide bonds. The molecule has 24 heavy (non-hydrogen) atoms. The number of aliphatic imine (C=N–C) groups is 1. The molecule has 3 N–H and O–H groups in total. The Kier molecular flexibility index (Phi) is 7.31. The van der Waals surface area contributed by atoms with Gasteiger partial charge in [0.15, 0.2) is 5.96 Å². The molecular formula is C17H20Cl2N4O. The lowest BCUT2D eigenvalue weighted by Gasteiger charge is -2.15. The lowest BCUT2D eigenvalue weighted by atomic mass is 10.1. The van der Waals surface area contributed by atoms with Crippen LogP contribution in [0.5, 0.6) is 0 Å². The number of rotatable bonds is 6. The number of aliphatic hydroxyl groups is 1. The number of halogens is 2. The lowest BCUT2D eigenvalue weighted by Crippen LogP contribution is -2.39. The van der Waals surface area contributed by atoms with Crippen molar-refractivity contribution < 1.29 is 5.11 Å². The third-order valence-electron chi connectivity index (χ3n) is 3.32. The Morgan fingerprint density at radius 2 is 1.96 bits per heavy atom. The maximum absolute atomic E-state index is 10.2. The molecule has 2 rings (SSSR count). The Morgan fingerprint density at radius 1 is 1.21 bits per heavy atom. The van der Waals surface area contributed by atoms with Crippen molar-refractivity contribution in [3.05, 3.63) is 63.9 Å². The summed E-state index contributed by atoms with van der Waals surface area (Å²) >= 11 is 12.1. The molecule has 0 radical (unpaired) electrons. The first-order valence-electron chi connectivity index (χ1n) is 7.64. The van der Waals surface area contributed by atoms with Crippen molar-refractivity contribution >= 4 is 29.2 Å². The van der Waals surface area contributed by atoms with Gasteiger partial charge in [0.1, 0.15) is 0 Å². The zero-order valence-electron chi connectivity index (χ0n) is 13.3. The van der Waals surface area contributed by atoms with Crippen LogP contribution in [0.15, 0.2) is 47.7 Å². The second kappa shape index (κ2) is 9.47. The Hall–Kier alpha value is -1.82. The van der Waals surface area contributed by atoms with Crippen LogP contribution in [0.25, 0.3) is 0 Å². The minimum Gasteiger partial charge on any atom is -0.387 e. The van der Waals surface area contributed by atoms with Crippen LogP contribution in [0.2, 0.25) is 10.0 Å². The molecule has 5 nitrogen and oxygen atoms in total. The summed E-state index contributed by atoms with van der Waals surface area (Å²) in [6.45, 7) is 3.44. The minimum atomic E-state index is -0.643. The molecule has 0 saturated carbocycles. The fourth-order valence-electron chi connectivity index (χ4n) is 2.05. The molecule has 1 aromatic heterocycles. The SMILES string of the molecule is CCNC(=NCc1ccc(Cl)cc1Cl)NCC(O)c1ccncc1. The summed E-state index contributed by atoms with van der Waals surface area (Å²) < 4.78 is 0. The number of aliphatic hydroxyl groups excluding tert-OH is 1. The summed E-state index contributed by atoms with van der Waals surface area (Å²) in [5, 5.41) is 17.6. The van der Waals surface area contributed by atoms with Crippen molar-refractivity contribution in [2.45, 2.75) is 19.6 Å². The first-order chi connectivity index (χ1) is 11.6. The Labute approximate surface area is 151 Å². The summed E-state index contributed by atoms with van der Waals surface area (Å²) in [4.78, 5) is 8.42. The van der Waals surface area contributed by atoms with Crippen molar-refractivity contribution in [1.29, 1.82) is 0 Å². The maximum Gasteiger partial charge on any atom is 0.191 e. The van der Waals surface area contributed by atoms with Crippen LogP contribution in [0.1, 0.15) is 24.2 Å². The molecule has 0 bridgehead atoms. The first kappa shape index (κ1) is 18.5. The molecule has 0 fully saturated rings. The highest BCUT2D eigenvalue weighted by Crippen LogP contribution is 2.21. The van der Waals surface area contributed by atoms with Gasteiger partial charge in [-0.25, -0.2) is 4.99 Å². The van der Waals surface area contributed by atoms with Gasteiger partial charge >= 0.3 is 0 Å². The molecule has 1 heterocycles. The van der Waals surface area contributed by atoms with E-state index in [9.17, 15) is 5.11 Å². The van der Waals surface area contributed by atoms with Crippen LogP contribution >= 0.6 is 23.2 Å². The Bertz CT molecular complexity index is 680. The van der Waals surface area contributed by atoms with Crippen molar-refractivity contribution in [2.75, 3.05) is 13.1 Å². The molecule has 0 spiro atoms. The topological polar surface area (TPSA) is 69.5 Å². The third-order valence-corrected chi connectivity index (χ3v) is 3.91. The van der Waals surface area contributed by atoms with Gasteiger partial charge in [0.25, 0.3) is 0 Å². The molecule has 0 saturated heterocycles. The summed E-state index contributed by atoms with van der Waals surface area (Å²) in [5.74, 6) is 0.608. The predicted molar refractivity (Wildman–Crippen MR) is 98.5 cm³/mol. The number of benzene rings is 1. The smallest absolute Gasteiger partial charge is 0.191 e. The number of nitrogens with one attached hydrogen (secondary N) is 2. The fourth-order valence-corrected chi connectivity index (χ4v) is 2.52. The van der Waals surface area contributed by atoms with Gasteiger partial charge < -0.3 is 15.7 Å². The van der Waals surface area contributed by atoms with E-state index in [1.54, 1.807) is 36.7 Å². The fraction of sp³-hybridized carbons (Fsp3) is 0.294. The highest BCUT2D eigenvalue weighted by molar-refractivity contribution is 6.35. The number of nitrogens with zero attached hydrogens (tertiary/aromatic N) is 2. The quantitative estimate of drug-likeness (QED) is 0.542. The number of aromatic nitrogens is 1. The van der Waals surface area contributed by atoms with Crippen LogP contribution in [-0.4, -0.2) is 29.1 Å². The van der Waals surface area contributed by atoms with Crippen LogP contribution in [0.4, 0.5) is 0 Å². The predicted octanol–water partition coefficient (Wildman–Crippen LogP) is 3.18. The molecule has 2 aromatic rings. The van der Waals surface area contributed by atoms with Gasteiger partial charge in [-0.05, 0) is 42.3 Å². The van der Waals surface area contributed by atoms with Crippen molar-refractivity contribution in [1.82, 2.24) is 15.6 Å². The molecule has 0 aliphatic heterocycles. The van der Waals surface area contributed by atoms with Crippen LogP contribution in [-0.2, 0) is 6.54 Å². The Morgan fingerprint density at radius 3 is 2.62 bits per heavy atom. The summed E-state index contributed by atoms with van der Waals surface area (Å²) in [6, 6.07) is 8.89. The molecule has 128 valence electrons. The van der Waals surface area contributed by atoms with Gasteiger partial charge in [0.2, 0.25) is 0 Å². The number of guanidine groups is 1. The standard InChI is InChI=1S/C17H20Cl2N4O/c1-2-21-17(22-10-13-3-4-14(18)9-15(13)19)23-11-16(24)12-5-7-20-8-6-12/h3-9,16,24H,2,10-11H2,1H3,(H2,21,22,23). The molecular weight excluding hydrogens is 347 g/mol. The average Bonchev–Trinajstić information content (AvgIpc) is 2.59. The van der Waals surface area contributed by atoms with Gasteiger partial charge in [-0.15, -0.1) is 0 Å². The Balaban J connectivity index is 1.98. The van der Waals surface area contributed by atoms with Crippen molar-refractivity contribution in [2.24, 2.45) is 4.99 Å². The number of hydrogen-bond acceptors (Lipinski definition) is 3. The van der Waals surface area contributed by atoms with E-state index in [4.69, 9.17) is 23.2 Å². The zero-order chi connectivity index (χ0) is 17.4. The van der Waals surface area contributed by atoms with Crippen LogP contribution < -0.4 is 10.6 Å². The summed E-state index contributed by atoms with van der Waals surface area (Å²) in [6.07, 6.45) is 2.66. The second-order valence-electron chi connectivity index (χ2n) is 5.11. The largest absolute Gasteiger partial charge is 0.387 e. The van der Waals surface area contributed by atoms with Crippen LogP contribution in [0, 0.1) is 0 Å². The second-order valence-corrected chi connectivity index (χ2v) is 5.95. The highest BCUT2D eigenvalue weighted by atomic mass is 35.5. The van der Waals surface area contributed by atoms with Crippen molar-refractivity contribution in [3.8, 4) is 0 Å². The zero-order valence-corrected chi connectivity index (χ0v) is 14.8. The van der Waals surface area contributed by atoms with E-state index in [2.05, 4.69) is 20.6 Å². The maximum atomic E-state index is 10.2. The van der Waals surface area contributed by atoms with E-state index in [0.29, 0.717) is 35.6 Å². The molecule has 7 heteroatoms. The van der Waals surface area contributed by atoms with E-state index < -0.39 is 6.10 Å². The summed E-state index contributed by atoms with van der Waals surface area (Å²) in [7, 11) is 0. The third kappa shape index (κ3) is 5.67.